The Labute approximate surface area is 162 Å². The van der Waals surface area contributed by atoms with Gasteiger partial charge in [0.25, 0.3) is 5.91 Å². The Hall–Kier alpha value is 0.330. The van der Waals surface area contributed by atoms with Gasteiger partial charge in [0.05, 0.1) is 0 Å². The Bertz CT molecular complexity index is 488. The van der Waals surface area contributed by atoms with Gasteiger partial charge in [-0.3, -0.25) is 10.2 Å². The van der Waals surface area contributed by atoms with Gasteiger partial charge in [0.15, 0.2) is 0 Å². The number of hydrogen-bond donors (Lipinski definition) is 2. The van der Waals surface area contributed by atoms with Gasteiger partial charge in [-0.05, 0) is 12.0 Å². The van der Waals surface area contributed by atoms with Gasteiger partial charge in [0, 0.05) is 0 Å². The normalized spacial score (nSPS) is 12.7. The summed E-state index contributed by atoms with van der Waals surface area (Å²) in [5.74, 6) is -2.43. The molecule has 0 saturated heterocycles. The molecule has 1 unspecified atom stereocenters. The second kappa shape index (κ2) is 11.0. The average molecular weight is 320 g/mol. The molecule has 7 nitrogen and oxygen atoms in total. The molecule has 0 saturated carbocycles. The Morgan fingerprint density at radius 2 is 1.80 bits per heavy atom. The molecule has 2 N–H and O–H groups in total. The predicted molar refractivity (Wildman–Crippen MR) is 62.5 cm³/mol. The van der Waals surface area contributed by atoms with E-state index >= 15 is 0 Å². The van der Waals surface area contributed by atoms with Gasteiger partial charge in [-0.1, -0.05) is 26.5 Å². The third-order valence-corrected chi connectivity index (χ3v) is 3.21. The van der Waals surface area contributed by atoms with Crippen LogP contribution in [0, 0.1) is 11.3 Å². The van der Waals surface area contributed by atoms with Crippen LogP contribution in [0.25, 0.3) is 0 Å². The summed E-state index contributed by atoms with van der Waals surface area (Å²) >= 11 is 0. The minimum atomic E-state index is -4.72. The molecule has 0 aromatic heterocycles. The third kappa shape index (κ3) is 9.30. The second-order valence-corrected chi connectivity index (χ2v) is 5.29. The van der Waals surface area contributed by atoms with Gasteiger partial charge in [-0.15, -0.1) is 5.76 Å². The number of rotatable bonds is 6. The summed E-state index contributed by atoms with van der Waals surface area (Å²) in [5.41, 5.74) is -0.741. The largest absolute Gasteiger partial charge is 1.00 e. The molecular formula is C10H14N2Na2O5S. The molecule has 10 heteroatoms. The molecule has 0 heterocycles. The van der Waals surface area contributed by atoms with E-state index in [2.05, 4.69) is 6.58 Å². The topological polar surface area (TPSA) is 133 Å². The van der Waals surface area contributed by atoms with E-state index in [4.69, 9.17) is 5.41 Å². The van der Waals surface area contributed by atoms with E-state index in [1.54, 1.807) is 0 Å². The summed E-state index contributed by atoms with van der Waals surface area (Å²) in [6.07, 6.45) is 1.57. The minimum absolute atomic E-state index is 0. The van der Waals surface area contributed by atoms with Crippen molar-refractivity contribution in [1.29, 1.82) is 5.41 Å². The van der Waals surface area contributed by atoms with Crippen molar-refractivity contribution in [2.75, 3.05) is 0 Å². The van der Waals surface area contributed by atoms with Crippen molar-refractivity contribution in [1.82, 2.24) is 5.32 Å². The van der Waals surface area contributed by atoms with Crippen LogP contribution in [0.1, 0.15) is 13.8 Å². The number of allylic oxidation sites excluding steroid dienone is 1. The average Bonchev–Trinajstić information content (AvgIpc) is 2.22. The molecule has 0 aromatic carbocycles. The van der Waals surface area contributed by atoms with Crippen LogP contribution in [0.4, 0.5) is 0 Å². The van der Waals surface area contributed by atoms with Crippen LogP contribution in [0.5, 0.6) is 0 Å². The minimum Gasteiger partial charge on any atom is -0.872 e. The maximum absolute atomic E-state index is 11.4. The Balaban J connectivity index is -0.00000144. The van der Waals surface area contributed by atoms with Gasteiger partial charge in [-0.2, -0.15) is 0 Å². The van der Waals surface area contributed by atoms with Crippen molar-refractivity contribution in [3.05, 3.63) is 24.5 Å². The van der Waals surface area contributed by atoms with E-state index in [0.29, 0.717) is 6.08 Å². The molecule has 0 aliphatic rings. The standard InChI is InChI=1S/C10H16N2O5S.2Na/c1-4-7(13)5-8(11)9(14)12-10(6(2)3)18(15,16)17;;/h4-6,10-11,13H,1H2,2-3H3,(H,12,14)(H,15,16,17);;/q;2*+1/p-2. The fourth-order valence-corrected chi connectivity index (χ4v) is 1.96. The van der Waals surface area contributed by atoms with Crippen molar-refractivity contribution in [2.45, 2.75) is 19.2 Å². The molecule has 0 rings (SSSR count). The smallest absolute Gasteiger partial charge is 0.872 e. The van der Waals surface area contributed by atoms with Crippen LogP contribution in [-0.4, -0.2) is 30.0 Å². The molecule has 0 aliphatic carbocycles. The van der Waals surface area contributed by atoms with Gasteiger partial charge in [0.2, 0.25) is 0 Å². The van der Waals surface area contributed by atoms with Crippen LogP contribution >= 0.6 is 0 Å². The van der Waals surface area contributed by atoms with E-state index in [-0.39, 0.29) is 59.1 Å². The predicted octanol–water partition coefficient (Wildman–Crippen LogP) is -6.91. The van der Waals surface area contributed by atoms with Crippen molar-refractivity contribution in [2.24, 2.45) is 5.92 Å². The maximum Gasteiger partial charge on any atom is 1.00 e. The number of nitrogens with one attached hydrogen (secondary N) is 2. The Morgan fingerprint density at radius 3 is 2.10 bits per heavy atom. The fraction of sp³-hybridized carbons (Fsp3) is 0.400. The third-order valence-electron chi connectivity index (χ3n) is 1.92. The molecule has 0 aromatic rings. The van der Waals surface area contributed by atoms with Crippen LogP contribution in [0.15, 0.2) is 24.5 Å². The fourth-order valence-electron chi connectivity index (χ4n) is 1.05. The van der Waals surface area contributed by atoms with E-state index in [1.165, 1.54) is 13.8 Å². The van der Waals surface area contributed by atoms with Crippen molar-refractivity contribution in [3.63, 3.8) is 0 Å². The van der Waals surface area contributed by atoms with Crippen molar-refractivity contribution < 1.29 is 82.0 Å². The first kappa shape index (κ1) is 25.3. The molecule has 0 fully saturated rings. The summed E-state index contributed by atoms with van der Waals surface area (Å²) in [6.45, 7) is 6.01. The van der Waals surface area contributed by atoms with E-state index in [9.17, 15) is 22.9 Å². The summed E-state index contributed by atoms with van der Waals surface area (Å²) in [6, 6.07) is 0. The van der Waals surface area contributed by atoms with Gasteiger partial charge >= 0.3 is 59.1 Å². The van der Waals surface area contributed by atoms with Crippen LogP contribution in [0.3, 0.4) is 0 Å². The van der Waals surface area contributed by atoms with Crippen LogP contribution in [0.2, 0.25) is 0 Å². The van der Waals surface area contributed by atoms with Crippen molar-refractivity contribution in [3.8, 4) is 0 Å². The zero-order valence-electron chi connectivity index (χ0n) is 12.0. The summed E-state index contributed by atoms with van der Waals surface area (Å²) in [4.78, 5) is 11.4. The molecule has 0 aliphatic heterocycles. The van der Waals surface area contributed by atoms with Crippen molar-refractivity contribution >= 4 is 21.7 Å². The first-order valence-electron chi connectivity index (χ1n) is 4.94. The summed E-state index contributed by atoms with van der Waals surface area (Å²) in [7, 11) is -4.72. The van der Waals surface area contributed by atoms with E-state index in [1.807, 2.05) is 5.32 Å². The van der Waals surface area contributed by atoms with Crippen LogP contribution in [-0.2, 0) is 14.9 Å². The second-order valence-electron chi connectivity index (χ2n) is 3.80. The summed E-state index contributed by atoms with van der Waals surface area (Å²) < 4.78 is 32.6. The molecule has 0 bridgehead atoms. The molecule has 1 amide bonds. The van der Waals surface area contributed by atoms with E-state index < -0.39 is 38.8 Å². The monoisotopic (exact) mass is 320 g/mol. The molecule has 102 valence electrons. The molecule has 0 radical (unpaired) electrons. The van der Waals surface area contributed by atoms with Crippen LogP contribution < -0.4 is 69.5 Å². The SMILES string of the molecule is C=CC([O-])=CC(=N)C(=O)NC(C(C)C)S(=O)(=O)[O-].[Na+].[Na+]. The Morgan fingerprint density at radius 1 is 1.35 bits per heavy atom. The zero-order chi connectivity index (χ0) is 14.5. The Kier molecular flexibility index (Phi) is 13.9. The van der Waals surface area contributed by atoms with Gasteiger partial charge in [0.1, 0.15) is 21.2 Å². The molecule has 1 atom stereocenters. The number of carbonyl (C=O) groups excluding carboxylic acids is 1. The maximum atomic E-state index is 11.4. The molecular weight excluding hydrogens is 306 g/mol. The molecule has 20 heavy (non-hydrogen) atoms. The zero-order valence-corrected chi connectivity index (χ0v) is 16.8. The summed E-state index contributed by atoms with van der Waals surface area (Å²) in [5, 5.41) is 18.4. The first-order chi connectivity index (χ1) is 8.09. The number of carbonyl (C=O) groups is 1. The van der Waals surface area contributed by atoms with Gasteiger partial charge in [-0.25, -0.2) is 8.42 Å². The van der Waals surface area contributed by atoms with E-state index in [0.717, 1.165) is 6.08 Å². The number of hydrogen-bond acceptors (Lipinski definition) is 6. The molecule has 0 spiro atoms. The first-order valence-corrected chi connectivity index (χ1v) is 6.42. The van der Waals surface area contributed by atoms with Gasteiger partial charge < -0.3 is 15.0 Å². The number of amides is 1. The quantitative estimate of drug-likeness (QED) is 0.165.